The first kappa shape index (κ1) is 11.6. The molecule has 0 aliphatic carbocycles. The first-order chi connectivity index (χ1) is 7.63. The molecule has 0 fully saturated rings. The fraction of sp³-hybridized carbons (Fsp3) is 0.100. The average Bonchev–Trinajstić information content (AvgIpc) is 2.59. The van der Waals surface area contributed by atoms with Gasteiger partial charge < -0.3 is 5.73 Å². The van der Waals surface area contributed by atoms with Gasteiger partial charge >= 0.3 is 0 Å². The van der Waals surface area contributed by atoms with Crippen LogP contribution < -0.4 is 5.73 Å². The van der Waals surface area contributed by atoms with E-state index >= 15 is 0 Å². The summed E-state index contributed by atoms with van der Waals surface area (Å²) in [4.78, 5) is 0.893. The number of nitrogens with zero attached hydrogens (tertiary/aromatic N) is 1. The molecule has 16 heavy (non-hydrogen) atoms. The highest BCUT2D eigenvalue weighted by Gasteiger charge is 2.14. The van der Waals surface area contributed by atoms with E-state index in [0.29, 0.717) is 15.9 Å². The average molecular weight is 274 g/mol. The van der Waals surface area contributed by atoms with Gasteiger partial charge in [0.25, 0.3) is 0 Å². The molecule has 0 bridgehead atoms. The summed E-state index contributed by atoms with van der Waals surface area (Å²) in [7, 11) is 0. The van der Waals surface area contributed by atoms with E-state index in [0.717, 1.165) is 16.2 Å². The minimum atomic E-state index is 0.480. The summed E-state index contributed by atoms with van der Waals surface area (Å²) in [5.74, 6) is 0.480. The van der Waals surface area contributed by atoms with E-state index in [-0.39, 0.29) is 0 Å². The third-order valence-corrected chi connectivity index (χ3v) is 3.52. The van der Waals surface area contributed by atoms with Gasteiger partial charge in [-0.3, -0.25) is 5.10 Å². The molecule has 2 rings (SSSR count). The van der Waals surface area contributed by atoms with Crippen LogP contribution in [0.25, 0.3) is 11.3 Å². The summed E-state index contributed by atoms with van der Waals surface area (Å²) < 4.78 is 0. The summed E-state index contributed by atoms with van der Waals surface area (Å²) in [6.45, 7) is 0. The standard InChI is InChI=1S/C10H9Cl2N3S/c1-16-9-8(14-15-10(9)13)6-3-2-5(11)4-7(6)12/h2-4H,1H3,(H3,13,14,15). The maximum atomic E-state index is 6.12. The molecule has 0 amide bonds. The normalized spacial score (nSPS) is 10.7. The molecule has 3 nitrogen and oxygen atoms in total. The summed E-state index contributed by atoms with van der Waals surface area (Å²) >= 11 is 13.5. The molecule has 1 aromatic carbocycles. The van der Waals surface area contributed by atoms with Crippen LogP contribution in [0, 0.1) is 0 Å². The van der Waals surface area contributed by atoms with Gasteiger partial charge in [0.05, 0.1) is 15.6 Å². The van der Waals surface area contributed by atoms with E-state index in [9.17, 15) is 0 Å². The van der Waals surface area contributed by atoms with Crippen LogP contribution in [0.1, 0.15) is 0 Å². The second-order valence-electron chi connectivity index (χ2n) is 3.14. The van der Waals surface area contributed by atoms with Gasteiger partial charge in [-0.25, -0.2) is 0 Å². The molecule has 2 aromatic rings. The second-order valence-corrected chi connectivity index (χ2v) is 4.80. The van der Waals surface area contributed by atoms with Crippen LogP contribution in [0.4, 0.5) is 5.82 Å². The zero-order valence-electron chi connectivity index (χ0n) is 8.42. The van der Waals surface area contributed by atoms with Crippen LogP contribution in [-0.2, 0) is 0 Å². The van der Waals surface area contributed by atoms with Crippen molar-refractivity contribution in [3.63, 3.8) is 0 Å². The highest BCUT2D eigenvalue weighted by Crippen LogP contribution is 2.36. The first-order valence-electron chi connectivity index (χ1n) is 4.46. The lowest BCUT2D eigenvalue weighted by molar-refractivity contribution is 1.10. The van der Waals surface area contributed by atoms with Crippen LogP contribution in [0.3, 0.4) is 0 Å². The lowest BCUT2D eigenvalue weighted by Gasteiger charge is -2.04. The molecule has 84 valence electrons. The molecule has 3 N–H and O–H groups in total. The van der Waals surface area contributed by atoms with Crippen molar-refractivity contribution in [1.82, 2.24) is 10.2 Å². The summed E-state index contributed by atoms with van der Waals surface area (Å²) in [6, 6.07) is 5.32. The van der Waals surface area contributed by atoms with Gasteiger partial charge in [-0.15, -0.1) is 11.8 Å². The predicted molar refractivity (Wildman–Crippen MR) is 70.2 cm³/mol. The van der Waals surface area contributed by atoms with Gasteiger partial charge in [0.2, 0.25) is 0 Å². The predicted octanol–water partition coefficient (Wildman–Crippen LogP) is 3.69. The Hall–Kier alpha value is -0.840. The summed E-state index contributed by atoms with van der Waals surface area (Å²) in [5.41, 5.74) is 7.41. The number of nitrogens with one attached hydrogen (secondary N) is 1. The number of nitrogens with two attached hydrogens (primary N) is 1. The lowest BCUT2D eigenvalue weighted by Crippen LogP contribution is -1.86. The third-order valence-electron chi connectivity index (χ3n) is 2.15. The van der Waals surface area contributed by atoms with Crippen LogP contribution in [-0.4, -0.2) is 16.5 Å². The molecule has 0 spiro atoms. The maximum Gasteiger partial charge on any atom is 0.159 e. The van der Waals surface area contributed by atoms with Gasteiger partial charge in [-0.1, -0.05) is 23.2 Å². The highest BCUT2D eigenvalue weighted by molar-refractivity contribution is 7.98. The zero-order valence-corrected chi connectivity index (χ0v) is 10.7. The van der Waals surface area contributed by atoms with Gasteiger partial charge in [0.1, 0.15) is 0 Å². The summed E-state index contributed by atoms with van der Waals surface area (Å²) in [5, 5.41) is 8.02. The Morgan fingerprint density at radius 2 is 2.12 bits per heavy atom. The molecule has 0 aliphatic heterocycles. The highest BCUT2D eigenvalue weighted by atomic mass is 35.5. The van der Waals surface area contributed by atoms with E-state index < -0.39 is 0 Å². The van der Waals surface area contributed by atoms with E-state index in [1.54, 1.807) is 12.1 Å². The number of hydrogen-bond acceptors (Lipinski definition) is 3. The van der Waals surface area contributed by atoms with Crippen molar-refractivity contribution in [2.24, 2.45) is 0 Å². The third kappa shape index (κ3) is 2.00. The number of hydrogen-bond donors (Lipinski definition) is 2. The van der Waals surface area contributed by atoms with E-state index in [2.05, 4.69) is 10.2 Å². The molecule has 0 unspecified atom stereocenters. The van der Waals surface area contributed by atoms with Gasteiger partial charge in [-0.05, 0) is 24.5 Å². The van der Waals surface area contributed by atoms with Crippen LogP contribution in [0.5, 0.6) is 0 Å². The quantitative estimate of drug-likeness (QED) is 0.821. The van der Waals surface area contributed by atoms with Crippen molar-refractivity contribution in [3.05, 3.63) is 28.2 Å². The van der Waals surface area contributed by atoms with Gasteiger partial charge in [0.15, 0.2) is 5.82 Å². The molecule has 6 heteroatoms. The Morgan fingerprint density at radius 1 is 1.38 bits per heavy atom. The molecule has 0 saturated carbocycles. The SMILES string of the molecule is CSc1c(N)n[nH]c1-c1ccc(Cl)cc1Cl. The van der Waals surface area contributed by atoms with E-state index in [4.69, 9.17) is 28.9 Å². The minimum absolute atomic E-state index is 0.480. The van der Waals surface area contributed by atoms with Crippen molar-refractivity contribution >= 4 is 40.8 Å². The number of thioether (sulfide) groups is 1. The first-order valence-corrected chi connectivity index (χ1v) is 6.44. The molecular formula is C10H9Cl2N3S. The summed E-state index contributed by atoms with van der Waals surface area (Å²) in [6.07, 6.45) is 1.94. The number of aromatic nitrogens is 2. The Morgan fingerprint density at radius 3 is 2.75 bits per heavy atom. The molecule has 0 radical (unpaired) electrons. The van der Waals surface area contributed by atoms with Crippen molar-refractivity contribution < 1.29 is 0 Å². The topological polar surface area (TPSA) is 54.7 Å². The van der Waals surface area contributed by atoms with E-state index in [1.165, 1.54) is 11.8 Å². The number of benzene rings is 1. The second kappa shape index (κ2) is 4.57. The van der Waals surface area contributed by atoms with Crippen molar-refractivity contribution in [3.8, 4) is 11.3 Å². The lowest BCUT2D eigenvalue weighted by atomic mass is 10.1. The Bertz CT molecular complexity index is 525. The minimum Gasteiger partial charge on any atom is -0.381 e. The van der Waals surface area contributed by atoms with Crippen molar-refractivity contribution in [2.75, 3.05) is 12.0 Å². The molecule has 1 aromatic heterocycles. The smallest absolute Gasteiger partial charge is 0.159 e. The number of H-pyrrole nitrogens is 1. The molecule has 0 saturated heterocycles. The van der Waals surface area contributed by atoms with Crippen molar-refractivity contribution in [2.45, 2.75) is 4.90 Å². The number of halogens is 2. The number of anilines is 1. The Balaban J connectivity index is 2.58. The van der Waals surface area contributed by atoms with Crippen molar-refractivity contribution in [1.29, 1.82) is 0 Å². The van der Waals surface area contributed by atoms with Gasteiger partial charge in [0, 0.05) is 10.6 Å². The van der Waals surface area contributed by atoms with E-state index in [1.807, 2.05) is 12.3 Å². The molecule has 1 heterocycles. The number of rotatable bonds is 2. The number of nitrogen functional groups attached to an aromatic ring is 1. The largest absolute Gasteiger partial charge is 0.381 e. The van der Waals surface area contributed by atoms with Crippen LogP contribution >= 0.6 is 35.0 Å². The fourth-order valence-corrected chi connectivity index (χ4v) is 2.54. The molecule has 0 aliphatic rings. The van der Waals surface area contributed by atoms with Gasteiger partial charge in [-0.2, -0.15) is 5.10 Å². The molecule has 0 atom stereocenters. The van der Waals surface area contributed by atoms with Crippen LogP contribution in [0.15, 0.2) is 23.1 Å². The fourth-order valence-electron chi connectivity index (χ4n) is 1.43. The zero-order chi connectivity index (χ0) is 11.7. The monoisotopic (exact) mass is 273 g/mol. The Labute approximate surface area is 107 Å². The van der Waals surface area contributed by atoms with Crippen LogP contribution in [0.2, 0.25) is 10.0 Å². The molecular weight excluding hydrogens is 265 g/mol. The number of aromatic amines is 1. The maximum absolute atomic E-state index is 6.12. The Kier molecular flexibility index (Phi) is 3.33.